The summed E-state index contributed by atoms with van der Waals surface area (Å²) in [5, 5.41) is 4.42. The number of pyridine rings is 1. The van der Waals surface area contributed by atoms with Gasteiger partial charge < -0.3 is 5.32 Å². The fourth-order valence-corrected chi connectivity index (χ4v) is 3.36. The molecule has 0 aliphatic carbocycles. The second kappa shape index (κ2) is 6.64. The lowest BCUT2D eigenvalue weighted by molar-refractivity contribution is 1.29. The number of fused-ring (bicyclic) bond motifs is 1. The lowest BCUT2D eigenvalue weighted by atomic mass is 10.2. The molecule has 0 unspecified atom stereocenters. The van der Waals surface area contributed by atoms with Gasteiger partial charge in [0.05, 0.1) is 21.6 Å². The Morgan fingerprint density at radius 2 is 1.67 bits per heavy atom. The molecule has 0 spiro atoms. The van der Waals surface area contributed by atoms with Crippen molar-refractivity contribution in [2.45, 2.75) is 0 Å². The molecule has 1 N–H and O–H groups in total. The molecule has 0 atom stereocenters. The summed E-state index contributed by atoms with van der Waals surface area (Å²) >= 11 is 1.67. The molecule has 116 valence electrons. The van der Waals surface area contributed by atoms with Crippen LogP contribution in [0.1, 0.15) is 10.7 Å². The van der Waals surface area contributed by atoms with Crippen LogP contribution in [-0.2, 0) is 0 Å². The number of rotatable bonds is 4. The number of benzene rings is 2. The van der Waals surface area contributed by atoms with Crippen LogP contribution in [0.3, 0.4) is 0 Å². The number of nitrogens with one attached hydrogen (secondary N) is 1. The molecule has 3 nitrogen and oxygen atoms in total. The van der Waals surface area contributed by atoms with E-state index in [1.165, 1.54) is 4.70 Å². The number of hydrogen-bond donors (Lipinski definition) is 1. The Kier molecular flexibility index (Phi) is 4.04. The fraction of sp³-hybridized carbons (Fsp3) is 0. The summed E-state index contributed by atoms with van der Waals surface area (Å²) in [5.41, 5.74) is 3.88. The van der Waals surface area contributed by atoms with Crippen LogP contribution in [0.2, 0.25) is 0 Å². The van der Waals surface area contributed by atoms with Crippen molar-refractivity contribution < 1.29 is 0 Å². The maximum absolute atomic E-state index is 4.77. The average molecular weight is 329 g/mol. The Bertz CT molecular complexity index is 942. The first-order valence-corrected chi connectivity index (χ1v) is 8.51. The minimum Gasteiger partial charge on any atom is -0.353 e. The molecule has 0 bridgehead atoms. The van der Waals surface area contributed by atoms with Crippen LogP contribution in [0.5, 0.6) is 0 Å². The largest absolute Gasteiger partial charge is 0.353 e. The number of hydrogen-bond acceptors (Lipinski definition) is 4. The van der Waals surface area contributed by atoms with Gasteiger partial charge in [0.2, 0.25) is 0 Å². The van der Waals surface area contributed by atoms with E-state index >= 15 is 0 Å². The number of thiazole rings is 1. The number of para-hydroxylation sites is 2. The second-order valence-electron chi connectivity index (χ2n) is 5.29. The molecule has 0 aliphatic heterocycles. The molecule has 0 radical (unpaired) electrons. The van der Waals surface area contributed by atoms with Crippen molar-refractivity contribution in [1.82, 2.24) is 9.97 Å². The topological polar surface area (TPSA) is 37.8 Å². The summed E-state index contributed by atoms with van der Waals surface area (Å²) in [5.74, 6) is 0. The smallest absolute Gasteiger partial charge is 0.141 e. The predicted molar refractivity (Wildman–Crippen MR) is 102 cm³/mol. The lowest BCUT2D eigenvalue weighted by Crippen LogP contribution is -1.98. The Morgan fingerprint density at radius 1 is 0.875 bits per heavy atom. The van der Waals surface area contributed by atoms with E-state index in [9.17, 15) is 0 Å². The summed E-state index contributed by atoms with van der Waals surface area (Å²) in [6, 6.07) is 24.2. The van der Waals surface area contributed by atoms with Gasteiger partial charge in [-0.15, -0.1) is 11.3 Å². The SMILES string of the molecule is C(=C(/Nc1ccccc1)c1nc2ccccc2s1)/c1ccccn1. The molecule has 4 rings (SSSR count). The molecule has 0 saturated heterocycles. The van der Waals surface area contributed by atoms with Gasteiger partial charge in [0.15, 0.2) is 0 Å². The highest BCUT2D eigenvalue weighted by molar-refractivity contribution is 7.19. The van der Waals surface area contributed by atoms with E-state index in [2.05, 4.69) is 16.4 Å². The maximum Gasteiger partial charge on any atom is 0.141 e. The van der Waals surface area contributed by atoms with Crippen molar-refractivity contribution in [2.24, 2.45) is 0 Å². The van der Waals surface area contributed by atoms with E-state index in [0.717, 1.165) is 27.6 Å². The quantitative estimate of drug-likeness (QED) is 0.552. The normalized spacial score (nSPS) is 11.6. The molecule has 0 fully saturated rings. The summed E-state index contributed by atoms with van der Waals surface area (Å²) in [4.78, 5) is 9.17. The molecular weight excluding hydrogens is 314 g/mol. The predicted octanol–water partition coefficient (Wildman–Crippen LogP) is 5.30. The first-order valence-electron chi connectivity index (χ1n) is 7.69. The minimum atomic E-state index is 0.898. The number of anilines is 1. The van der Waals surface area contributed by atoms with Gasteiger partial charge in [-0.25, -0.2) is 4.98 Å². The highest BCUT2D eigenvalue weighted by Crippen LogP contribution is 2.29. The molecule has 0 saturated carbocycles. The van der Waals surface area contributed by atoms with Crippen LogP contribution < -0.4 is 5.32 Å². The van der Waals surface area contributed by atoms with E-state index in [-0.39, 0.29) is 0 Å². The zero-order valence-corrected chi connectivity index (χ0v) is 13.7. The summed E-state index contributed by atoms with van der Waals surface area (Å²) < 4.78 is 1.18. The molecule has 2 heterocycles. The molecule has 0 aliphatic rings. The van der Waals surface area contributed by atoms with Crippen molar-refractivity contribution in [1.29, 1.82) is 0 Å². The first-order chi connectivity index (χ1) is 11.9. The van der Waals surface area contributed by atoms with Gasteiger partial charge in [0.25, 0.3) is 0 Å². The van der Waals surface area contributed by atoms with Crippen LogP contribution >= 0.6 is 11.3 Å². The van der Waals surface area contributed by atoms with Crippen molar-refractivity contribution in [2.75, 3.05) is 5.32 Å². The first kappa shape index (κ1) is 14.6. The highest BCUT2D eigenvalue weighted by Gasteiger charge is 2.09. The minimum absolute atomic E-state index is 0.898. The monoisotopic (exact) mass is 329 g/mol. The highest BCUT2D eigenvalue weighted by atomic mass is 32.1. The third kappa shape index (κ3) is 3.19. The maximum atomic E-state index is 4.77. The van der Waals surface area contributed by atoms with Crippen molar-refractivity contribution in [3.8, 4) is 0 Å². The van der Waals surface area contributed by atoms with Gasteiger partial charge in [0, 0.05) is 11.9 Å². The van der Waals surface area contributed by atoms with Gasteiger partial charge >= 0.3 is 0 Å². The van der Waals surface area contributed by atoms with Crippen LogP contribution in [0, 0.1) is 0 Å². The van der Waals surface area contributed by atoms with Crippen LogP contribution in [0.25, 0.3) is 22.0 Å². The van der Waals surface area contributed by atoms with Crippen molar-refractivity contribution in [3.63, 3.8) is 0 Å². The Labute approximate surface area is 144 Å². The lowest BCUT2D eigenvalue weighted by Gasteiger charge is -2.08. The Balaban J connectivity index is 1.79. The van der Waals surface area contributed by atoms with Gasteiger partial charge in [-0.05, 0) is 42.5 Å². The van der Waals surface area contributed by atoms with Gasteiger partial charge in [-0.2, -0.15) is 0 Å². The van der Waals surface area contributed by atoms with Gasteiger partial charge in [-0.3, -0.25) is 4.98 Å². The molecule has 4 heteroatoms. The molecule has 0 amide bonds. The standard InChI is InChI=1S/C20H15N3S/c1-2-8-15(9-3-1)22-18(14-16-10-6-7-13-21-16)20-23-17-11-4-5-12-19(17)24-20/h1-14,22H/b18-14-. The Hall–Kier alpha value is -2.98. The third-order valence-corrected chi connectivity index (χ3v) is 4.63. The van der Waals surface area contributed by atoms with E-state index in [0.29, 0.717) is 0 Å². The molecule has 24 heavy (non-hydrogen) atoms. The second-order valence-corrected chi connectivity index (χ2v) is 6.32. The summed E-state index contributed by atoms with van der Waals surface area (Å²) in [6.07, 6.45) is 3.83. The fourth-order valence-electron chi connectivity index (χ4n) is 2.42. The molecule has 2 aromatic carbocycles. The van der Waals surface area contributed by atoms with Gasteiger partial charge in [0.1, 0.15) is 5.01 Å². The van der Waals surface area contributed by atoms with E-state index in [4.69, 9.17) is 4.98 Å². The van der Waals surface area contributed by atoms with E-state index < -0.39 is 0 Å². The van der Waals surface area contributed by atoms with Crippen molar-refractivity contribution in [3.05, 3.63) is 89.7 Å². The van der Waals surface area contributed by atoms with Crippen molar-refractivity contribution >= 4 is 39.0 Å². The van der Waals surface area contributed by atoms with Crippen LogP contribution in [-0.4, -0.2) is 9.97 Å². The van der Waals surface area contributed by atoms with Crippen LogP contribution in [0.4, 0.5) is 5.69 Å². The Morgan fingerprint density at radius 3 is 2.46 bits per heavy atom. The molecule has 4 aromatic rings. The molecular formula is C20H15N3S. The van der Waals surface area contributed by atoms with E-state index in [1.807, 2.05) is 72.8 Å². The summed E-state index contributed by atoms with van der Waals surface area (Å²) in [7, 11) is 0. The number of nitrogens with zero attached hydrogens (tertiary/aromatic N) is 2. The zero-order valence-electron chi connectivity index (χ0n) is 12.9. The average Bonchev–Trinajstić information content (AvgIpc) is 3.07. The van der Waals surface area contributed by atoms with E-state index in [1.54, 1.807) is 17.5 Å². The molecule has 2 aromatic heterocycles. The van der Waals surface area contributed by atoms with Crippen LogP contribution in [0.15, 0.2) is 79.0 Å². The third-order valence-electron chi connectivity index (χ3n) is 3.56. The zero-order chi connectivity index (χ0) is 16.2. The van der Waals surface area contributed by atoms with Gasteiger partial charge in [-0.1, -0.05) is 36.4 Å². The summed E-state index contributed by atoms with van der Waals surface area (Å²) in [6.45, 7) is 0. The number of aromatic nitrogens is 2.